The summed E-state index contributed by atoms with van der Waals surface area (Å²) in [5.41, 5.74) is 5.84. The van der Waals surface area contributed by atoms with E-state index in [4.69, 9.17) is 5.73 Å². The number of rotatable bonds is 4. The molecule has 0 saturated carbocycles. The van der Waals surface area contributed by atoms with E-state index in [1.807, 2.05) is 0 Å². The number of nitrogens with zero attached hydrogens (tertiary/aromatic N) is 1. The topological polar surface area (TPSA) is 54.7 Å². The number of hydrogen-bond acceptors (Lipinski definition) is 2. The molecule has 0 fully saturated rings. The Hall–Kier alpha value is -1.82. The number of nitrogens with one attached hydrogen (secondary N) is 1. The van der Waals surface area contributed by atoms with E-state index < -0.39 is 11.7 Å². The van der Waals surface area contributed by atoms with Crippen molar-refractivity contribution in [1.29, 1.82) is 0 Å². The maximum absolute atomic E-state index is 12.8. The van der Waals surface area contributed by atoms with Crippen molar-refractivity contribution in [2.45, 2.75) is 19.0 Å². The Kier molecular flexibility index (Phi) is 3.90. The quantitative estimate of drug-likeness (QED) is 0.896. The van der Waals surface area contributed by atoms with Gasteiger partial charge in [-0.2, -0.15) is 13.2 Å². The van der Waals surface area contributed by atoms with Gasteiger partial charge in [0.1, 0.15) is 5.82 Å². The van der Waals surface area contributed by atoms with Crippen molar-refractivity contribution in [3.63, 3.8) is 0 Å². The van der Waals surface area contributed by atoms with E-state index >= 15 is 0 Å². The number of H-pyrrole nitrogens is 1. The predicted molar refractivity (Wildman–Crippen MR) is 65.6 cm³/mol. The van der Waals surface area contributed by atoms with Gasteiger partial charge in [-0.1, -0.05) is 18.2 Å². The molecule has 0 aliphatic carbocycles. The second-order valence-electron chi connectivity index (χ2n) is 4.23. The lowest BCUT2D eigenvalue weighted by Gasteiger charge is -2.11. The highest BCUT2D eigenvalue weighted by Gasteiger charge is 2.32. The largest absolute Gasteiger partial charge is 0.416 e. The summed E-state index contributed by atoms with van der Waals surface area (Å²) in [7, 11) is 0. The Bertz CT molecular complexity index is 546. The first kappa shape index (κ1) is 13.6. The minimum atomic E-state index is -4.34. The highest BCUT2D eigenvalue weighted by atomic mass is 19.4. The number of imidazole rings is 1. The molecule has 6 heteroatoms. The smallest absolute Gasteiger partial charge is 0.346 e. The molecule has 1 aromatic heterocycles. The van der Waals surface area contributed by atoms with Gasteiger partial charge in [0, 0.05) is 24.7 Å². The van der Waals surface area contributed by atoms with Crippen LogP contribution in [0.1, 0.15) is 22.6 Å². The summed E-state index contributed by atoms with van der Waals surface area (Å²) < 4.78 is 38.5. The van der Waals surface area contributed by atoms with Crippen molar-refractivity contribution < 1.29 is 13.2 Å². The SMILES string of the molecule is NCCc1cnc(Cc2ccccc2C(F)(F)F)[nH]1. The zero-order chi connectivity index (χ0) is 13.9. The molecule has 0 aliphatic heterocycles. The van der Waals surface area contributed by atoms with Crippen LogP contribution in [0.15, 0.2) is 30.5 Å². The lowest BCUT2D eigenvalue weighted by Crippen LogP contribution is -2.09. The minimum absolute atomic E-state index is 0.125. The van der Waals surface area contributed by atoms with E-state index in [0.29, 0.717) is 18.8 Å². The van der Waals surface area contributed by atoms with Gasteiger partial charge in [-0.15, -0.1) is 0 Å². The van der Waals surface area contributed by atoms with Gasteiger partial charge in [-0.25, -0.2) is 4.98 Å². The lowest BCUT2D eigenvalue weighted by atomic mass is 10.0. The molecular weight excluding hydrogens is 255 g/mol. The van der Waals surface area contributed by atoms with Crippen LogP contribution in [0.3, 0.4) is 0 Å². The van der Waals surface area contributed by atoms with Gasteiger partial charge in [0.05, 0.1) is 5.56 Å². The van der Waals surface area contributed by atoms with Crippen LogP contribution >= 0.6 is 0 Å². The molecule has 0 atom stereocenters. The lowest BCUT2D eigenvalue weighted by molar-refractivity contribution is -0.138. The Morgan fingerprint density at radius 2 is 1.95 bits per heavy atom. The zero-order valence-electron chi connectivity index (χ0n) is 10.2. The van der Waals surface area contributed by atoms with Crippen molar-refractivity contribution in [1.82, 2.24) is 9.97 Å². The van der Waals surface area contributed by atoms with E-state index in [0.717, 1.165) is 11.8 Å². The third-order valence-electron chi connectivity index (χ3n) is 2.78. The fraction of sp³-hybridized carbons (Fsp3) is 0.308. The van der Waals surface area contributed by atoms with Gasteiger partial charge < -0.3 is 10.7 Å². The third kappa shape index (κ3) is 3.35. The van der Waals surface area contributed by atoms with E-state index in [2.05, 4.69) is 9.97 Å². The number of aromatic nitrogens is 2. The maximum atomic E-state index is 12.8. The summed E-state index contributed by atoms with van der Waals surface area (Å²) in [6, 6.07) is 5.52. The first-order valence-corrected chi connectivity index (χ1v) is 5.88. The van der Waals surface area contributed by atoms with Crippen LogP contribution in [0.4, 0.5) is 13.2 Å². The van der Waals surface area contributed by atoms with E-state index in [9.17, 15) is 13.2 Å². The highest BCUT2D eigenvalue weighted by Crippen LogP contribution is 2.32. The van der Waals surface area contributed by atoms with Crippen LogP contribution < -0.4 is 5.73 Å². The standard InChI is InChI=1S/C13H14F3N3/c14-13(15,16)11-4-2-1-3-9(11)7-12-18-8-10(19-12)5-6-17/h1-4,8H,5-7,17H2,(H,18,19). The van der Waals surface area contributed by atoms with Crippen LogP contribution in [0.5, 0.6) is 0 Å². The second-order valence-corrected chi connectivity index (χ2v) is 4.23. The molecule has 2 aromatic rings. The summed E-state index contributed by atoms with van der Waals surface area (Å²) in [6.45, 7) is 0.473. The third-order valence-corrected chi connectivity index (χ3v) is 2.78. The average molecular weight is 269 g/mol. The molecule has 0 spiro atoms. The predicted octanol–water partition coefficient (Wildman–Crippen LogP) is 2.52. The first-order valence-electron chi connectivity index (χ1n) is 5.88. The first-order chi connectivity index (χ1) is 9.00. The van der Waals surface area contributed by atoms with E-state index in [1.165, 1.54) is 12.1 Å². The van der Waals surface area contributed by atoms with Crippen LogP contribution in [0, 0.1) is 0 Å². The number of hydrogen-bond donors (Lipinski definition) is 2. The summed E-state index contributed by atoms with van der Waals surface area (Å²) >= 11 is 0. The maximum Gasteiger partial charge on any atom is 0.416 e. The molecule has 0 bridgehead atoms. The molecule has 0 aliphatic rings. The molecule has 3 nitrogen and oxygen atoms in total. The monoisotopic (exact) mass is 269 g/mol. The van der Waals surface area contributed by atoms with Crippen LogP contribution in [0.2, 0.25) is 0 Å². The Labute approximate surface area is 108 Å². The Balaban J connectivity index is 2.23. The Morgan fingerprint density at radius 3 is 2.63 bits per heavy atom. The molecule has 1 aromatic carbocycles. The fourth-order valence-corrected chi connectivity index (χ4v) is 1.91. The second kappa shape index (κ2) is 5.44. The van der Waals surface area contributed by atoms with Gasteiger partial charge >= 0.3 is 6.18 Å². The molecular formula is C13H14F3N3. The molecule has 3 N–H and O–H groups in total. The fourth-order valence-electron chi connectivity index (χ4n) is 1.91. The van der Waals surface area contributed by atoms with Crippen molar-refractivity contribution in [3.05, 3.63) is 53.1 Å². The van der Waals surface area contributed by atoms with Crippen LogP contribution in [-0.2, 0) is 19.0 Å². The molecule has 0 radical (unpaired) electrons. The average Bonchev–Trinajstić information content (AvgIpc) is 2.76. The zero-order valence-corrected chi connectivity index (χ0v) is 10.2. The van der Waals surface area contributed by atoms with Crippen molar-refractivity contribution in [3.8, 4) is 0 Å². The normalized spacial score (nSPS) is 11.8. The number of halogens is 3. The molecule has 0 unspecified atom stereocenters. The number of aromatic amines is 1. The van der Waals surface area contributed by atoms with E-state index in [1.54, 1.807) is 12.3 Å². The molecule has 102 valence electrons. The van der Waals surface area contributed by atoms with Gasteiger partial charge in [-0.3, -0.25) is 0 Å². The number of nitrogens with two attached hydrogens (primary N) is 1. The molecule has 2 rings (SSSR count). The summed E-state index contributed by atoms with van der Waals surface area (Å²) in [6.07, 6.45) is -1.98. The van der Waals surface area contributed by atoms with Crippen LogP contribution in [0.25, 0.3) is 0 Å². The summed E-state index contributed by atoms with van der Waals surface area (Å²) in [5.74, 6) is 0.514. The summed E-state index contributed by atoms with van der Waals surface area (Å²) in [4.78, 5) is 7.06. The molecule has 0 saturated heterocycles. The molecule has 1 heterocycles. The van der Waals surface area contributed by atoms with Gasteiger partial charge in [0.2, 0.25) is 0 Å². The molecule has 19 heavy (non-hydrogen) atoms. The van der Waals surface area contributed by atoms with Gasteiger partial charge in [-0.05, 0) is 18.2 Å². The summed E-state index contributed by atoms with van der Waals surface area (Å²) in [5, 5.41) is 0. The Morgan fingerprint density at radius 1 is 1.21 bits per heavy atom. The minimum Gasteiger partial charge on any atom is -0.346 e. The number of alkyl halides is 3. The number of benzene rings is 1. The van der Waals surface area contributed by atoms with Gasteiger partial charge in [0.15, 0.2) is 0 Å². The van der Waals surface area contributed by atoms with Crippen LogP contribution in [-0.4, -0.2) is 16.5 Å². The van der Waals surface area contributed by atoms with E-state index in [-0.39, 0.29) is 12.0 Å². The highest BCUT2D eigenvalue weighted by molar-refractivity contribution is 5.32. The molecule has 0 amide bonds. The van der Waals surface area contributed by atoms with Crippen molar-refractivity contribution in [2.75, 3.05) is 6.54 Å². The van der Waals surface area contributed by atoms with Crippen molar-refractivity contribution >= 4 is 0 Å². The van der Waals surface area contributed by atoms with Crippen molar-refractivity contribution in [2.24, 2.45) is 5.73 Å². The van der Waals surface area contributed by atoms with Gasteiger partial charge in [0.25, 0.3) is 0 Å².